The molecule has 0 saturated carbocycles. The molecule has 1 aliphatic heterocycles. The van der Waals surface area contributed by atoms with Crippen LogP contribution in [-0.4, -0.2) is 34.3 Å². The van der Waals surface area contributed by atoms with Crippen molar-refractivity contribution in [2.75, 3.05) is 6.54 Å². The van der Waals surface area contributed by atoms with Crippen LogP contribution in [0.25, 0.3) is 0 Å². The first-order chi connectivity index (χ1) is 6.04. The summed E-state index contributed by atoms with van der Waals surface area (Å²) in [6.07, 6.45) is 1.41. The number of carbonyl (C=O) groups is 2. The van der Waals surface area contributed by atoms with Gasteiger partial charge in [0.1, 0.15) is 6.04 Å². The van der Waals surface area contributed by atoms with E-state index < -0.39 is 12.0 Å². The van der Waals surface area contributed by atoms with E-state index in [0.717, 1.165) is 6.42 Å². The van der Waals surface area contributed by atoms with E-state index in [1.54, 1.807) is 4.90 Å². The minimum atomic E-state index is -0.875. The maximum Gasteiger partial charge on any atom is 0.326 e. The highest BCUT2D eigenvalue weighted by molar-refractivity contribution is 5.93. The van der Waals surface area contributed by atoms with Gasteiger partial charge in [-0.15, -0.1) is 0 Å². The lowest BCUT2D eigenvalue weighted by atomic mass is 10.2. The highest BCUT2D eigenvalue weighted by atomic mass is 16.4. The predicted molar refractivity (Wildman–Crippen MR) is 47.2 cm³/mol. The number of Topliss-reactive ketones (excluding diaryl/α,β-unsaturated/α-hetero) is 1. The van der Waals surface area contributed by atoms with Gasteiger partial charge in [0.05, 0.1) is 5.70 Å². The Hall–Kier alpha value is -1.32. The van der Waals surface area contributed by atoms with Crippen LogP contribution in [0.2, 0.25) is 0 Å². The molecular weight excluding hydrogens is 170 g/mol. The molecule has 1 N–H and O–H groups in total. The Labute approximate surface area is 76.8 Å². The predicted octanol–water partition coefficient (Wildman–Crippen LogP) is 0.638. The lowest BCUT2D eigenvalue weighted by Crippen LogP contribution is -2.36. The van der Waals surface area contributed by atoms with E-state index in [-0.39, 0.29) is 5.78 Å². The molecule has 1 rings (SSSR count). The van der Waals surface area contributed by atoms with Crippen molar-refractivity contribution in [2.24, 2.45) is 0 Å². The van der Waals surface area contributed by atoms with Crippen molar-refractivity contribution in [3.05, 3.63) is 12.3 Å². The number of rotatable bonds is 3. The normalized spacial score (nSPS) is 21.6. The lowest BCUT2D eigenvalue weighted by Gasteiger charge is -2.23. The minimum absolute atomic E-state index is 0.159. The van der Waals surface area contributed by atoms with Crippen LogP contribution in [0.4, 0.5) is 0 Å². The first kappa shape index (κ1) is 9.77. The quantitative estimate of drug-likeness (QED) is 0.652. The molecule has 0 amide bonds. The second kappa shape index (κ2) is 3.60. The summed E-state index contributed by atoms with van der Waals surface area (Å²) in [5, 5.41) is 8.82. The fourth-order valence-electron chi connectivity index (χ4n) is 1.55. The van der Waals surface area contributed by atoms with Crippen molar-refractivity contribution >= 4 is 11.8 Å². The van der Waals surface area contributed by atoms with Gasteiger partial charge in [-0.2, -0.15) is 0 Å². The monoisotopic (exact) mass is 183 g/mol. The average molecular weight is 183 g/mol. The van der Waals surface area contributed by atoms with Crippen LogP contribution in [0.5, 0.6) is 0 Å². The van der Waals surface area contributed by atoms with Crippen LogP contribution in [0.3, 0.4) is 0 Å². The third-order valence-corrected chi connectivity index (χ3v) is 2.29. The van der Waals surface area contributed by atoms with Crippen molar-refractivity contribution in [3.63, 3.8) is 0 Å². The number of carbonyl (C=O) groups excluding carboxylic acids is 1. The van der Waals surface area contributed by atoms with Gasteiger partial charge in [0.25, 0.3) is 0 Å². The minimum Gasteiger partial charge on any atom is -0.480 e. The molecule has 0 spiro atoms. The molecule has 1 unspecified atom stereocenters. The number of hydrogen-bond acceptors (Lipinski definition) is 3. The summed E-state index contributed by atoms with van der Waals surface area (Å²) in [5.74, 6) is -1.03. The standard InChI is InChI=1S/C9H13NO3/c1-6(7(2)11)10-5-3-4-8(10)9(12)13/h8H,1,3-5H2,2H3,(H,12,13). The maximum atomic E-state index is 11.0. The molecule has 1 heterocycles. The van der Waals surface area contributed by atoms with Crippen LogP contribution in [0, 0.1) is 0 Å². The number of carboxylic acids is 1. The van der Waals surface area contributed by atoms with E-state index in [1.165, 1.54) is 6.92 Å². The van der Waals surface area contributed by atoms with Gasteiger partial charge in [0.15, 0.2) is 5.78 Å². The van der Waals surface area contributed by atoms with Gasteiger partial charge in [0, 0.05) is 13.5 Å². The van der Waals surface area contributed by atoms with E-state index in [1.807, 2.05) is 0 Å². The molecule has 0 radical (unpaired) electrons. The maximum absolute atomic E-state index is 11.0. The van der Waals surface area contributed by atoms with E-state index in [4.69, 9.17) is 5.11 Å². The van der Waals surface area contributed by atoms with Crippen molar-refractivity contribution in [3.8, 4) is 0 Å². The SMILES string of the molecule is C=C(C(C)=O)N1CCCC1C(=O)O. The molecule has 0 aromatic carbocycles. The summed E-state index contributed by atoms with van der Waals surface area (Å²) < 4.78 is 0. The Morgan fingerprint density at radius 1 is 1.54 bits per heavy atom. The van der Waals surface area contributed by atoms with E-state index in [0.29, 0.717) is 18.7 Å². The van der Waals surface area contributed by atoms with Gasteiger partial charge >= 0.3 is 5.97 Å². The molecule has 4 heteroatoms. The Kier molecular flexibility index (Phi) is 2.70. The van der Waals surface area contributed by atoms with Crippen molar-refractivity contribution < 1.29 is 14.7 Å². The van der Waals surface area contributed by atoms with E-state index >= 15 is 0 Å². The number of hydrogen-bond donors (Lipinski definition) is 1. The average Bonchev–Trinajstić information content (AvgIpc) is 2.50. The molecule has 0 bridgehead atoms. The molecule has 1 saturated heterocycles. The number of carboxylic acid groups (broad SMARTS) is 1. The molecule has 13 heavy (non-hydrogen) atoms. The fourth-order valence-corrected chi connectivity index (χ4v) is 1.55. The lowest BCUT2D eigenvalue weighted by molar-refractivity contribution is -0.141. The van der Waals surface area contributed by atoms with Crippen LogP contribution in [-0.2, 0) is 9.59 Å². The summed E-state index contributed by atoms with van der Waals surface area (Å²) in [7, 11) is 0. The molecular formula is C9H13NO3. The van der Waals surface area contributed by atoms with Gasteiger partial charge in [-0.05, 0) is 12.8 Å². The molecule has 72 valence electrons. The zero-order valence-corrected chi connectivity index (χ0v) is 7.62. The molecule has 4 nitrogen and oxygen atoms in total. The van der Waals surface area contributed by atoms with Crippen LogP contribution in [0.1, 0.15) is 19.8 Å². The number of likely N-dealkylation sites (tertiary alicyclic amines) is 1. The van der Waals surface area contributed by atoms with Crippen LogP contribution < -0.4 is 0 Å². The van der Waals surface area contributed by atoms with Gasteiger partial charge < -0.3 is 10.0 Å². The summed E-state index contributed by atoms with van der Waals surface area (Å²) in [4.78, 5) is 23.3. The Bertz CT molecular complexity index is 260. The molecule has 1 atom stereocenters. The second-order valence-electron chi connectivity index (χ2n) is 3.19. The molecule has 0 aromatic rings. The highest BCUT2D eigenvalue weighted by Crippen LogP contribution is 2.21. The van der Waals surface area contributed by atoms with Crippen molar-refractivity contribution in [2.45, 2.75) is 25.8 Å². The summed E-state index contributed by atoms with van der Waals surface area (Å²) in [6, 6.07) is -0.559. The first-order valence-corrected chi connectivity index (χ1v) is 4.23. The van der Waals surface area contributed by atoms with Gasteiger partial charge in [0.2, 0.25) is 0 Å². The Balaban J connectivity index is 2.74. The zero-order valence-electron chi connectivity index (χ0n) is 7.62. The van der Waals surface area contributed by atoms with E-state index in [2.05, 4.69) is 6.58 Å². The smallest absolute Gasteiger partial charge is 0.326 e. The Morgan fingerprint density at radius 3 is 2.62 bits per heavy atom. The molecule has 0 aliphatic carbocycles. The molecule has 1 fully saturated rings. The summed E-state index contributed by atoms with van der Waals surface area (Å²) >= 11 is 0. The molecule has 0 aromatic heterocycles. The third-order valence-electron chi connectivity index (χ3n) is 2.29. The summed E-state index contributed by atoms with van der Waals surface area (Å²) in [5.41, 5.74) is 0.310. The number of nitrogens with zero attached hydrogens (tertiary/aromatic N) is 1. The van der Waals surface area contributed by atoms with Gasteiger partial charge in [-0.3, -0.25) is 4.79 Å². The number of ketones is 1. The first-order valence-electron chi connectivity index (χ1n) is 4.23. The van der Waals surface area contributed by atoms with Gasteiger partial charge in [-0.25, -0.2) is 4.79 Å². The van der Waals surface area contributed by atoms with Crippen LogP contribution >= 0.6 is 0 Å². The third kappa shape index (κ3) is 1.88. The second-order valence-corrected chi connectivity index (χ2v) is 3.19. The zero-order chi connectivity index (χ0) is 10.0. The topological polar surface area (TPSA) is 57.6 Å². The van der Waals surface area contributed by atoms with Crippen molar-refractivity contribution in [1.82, 2.24) is 4.90 Å². The van der Waals surface area contributed by atoms with Gasteiger partial charge in [-0.1, -0.05) is 6.58 Å². The van der Waals surface area contributed by atoms with Crippen molar-refractivity contribution in [1.29, 1.82) is 0 Å². The highest BCUT2D eigenvalue weighted by Gasteiger charge is 2.32. The fraction of sp³-hybridized carbons (Fsp3) is 0.556. The Morgan fingerprint density at radius 2 is 2.15 bits per heavy atom. The molecule has 1 aliphatic rings. The number of aliphatic carboxylic acids is 1. The van der Waals surface area contributed by atoms with E-state index in [9.17, 15) is 9.59 Å². The summed E-state index contributed by atoms with van der Waals surface area (Å²) in [6.45, 7) is 5.60. The largest absolute Gasteiger partial charge is 0.480 e. The van der Waals surface area contributed by atoms with Crippen LogP contribution in [0.15, 0.2) is 12.3 Å². The number of allylic oxidation sites excluding steroid dienone is 1.